The van der Waals surface area contributed by atoms with Gasteiger partial charge >= 0.3 is 0 Å². The summed E-state index contributed by atoms with van der Waals surface area (Å²) in [4.78, 5) is 11.7. The molecule has 0 bridgehead atoms. The van der Waals surface area contributed by atoms with Crippen molar-refractivity contribution in [3.05, 3.63) is 28.3 Å². The summed E-state index contributed by atoms with van der Waals surface area (Å²) in [6.45, 7) is 4.62. The molecular formula is C12H15Cl2NO4S. The number of nitrogens with one attached hydrogen (secondary N) is 1. The highest BCUT2D eigenvalue weighted by Crippen LogP contribution is 2.27. The van der Waals surface area contributed by atoms with E-state index in [1.807, 2.05) is 6.92 Å². The van der Waals surface area contributed by atoms with Crippen LogP contribution in [0.4, 0.5) is 0 Å². The van der Waals surface area contributed by atoms with Crippen LogP contribution in [0.1, 0.15) is 22.8 Å². The van der Waals surface area contributed by atoms with Crippen LogP contribution in [0.15, 0.2) is 17.0 Å². The van der Waals surface area contributed by atoms with E-state index in [9.17, 15) is 13.2 Å². The highest BCUT2D eigenvalue weighted by Gasteiger charge is 2.19. The molecule has 1 amide bonds. The van der Waals surface area contributed by atoms with Gasteiger partial charge < -0.3 is 10.1 Å². The Balaban J connectivity index is 2.97. The normalized spacial score (nSPS) is 11.4. The third kappa shape index (κ3) is 4.63. The molecular weight excluding hydrogens is 325 g/mol. The van der Waals surface area contributed by atoms with Crippen molar-refractivity contribution in [3.63, 3.8) is 0 Å². The smallest absolute Gasteiger partial charge is 0.261 e. The van der Waals surface area contributed by atoms with Crippen LogP contribution in [0.3, 0.4) is 0 Å². The van der Waals surface area contributed by atoms with Gasteiger partial charge in [0.1, 0.15) is 0 Å². The monoisotopic (exact) mass is 339 g/mol. The molecule has 1 aromatic carbocycles. The van der Waals surface area contributed by atoms with Crippen molar-refractivity contribution in [1.82, 2.24) is 5.32 Å². The molecule has 0 radical (unpaired) electrons. The van der Waals surface area contributed by atoms with E-state index in [2.05, 4.69) is 5.32 Å². The number of rotatable bonds is 6. The number of ether oxygens (including phenoxy) is 1. The first-order valence-corrected chi connectivity index (χ1v) is 8.56. The Morgan fingerprint density at radius 2 is 2.05 bits per heavy atom. The van der Waals surface area contributed by atoms with Gasteiger partial charge in [-0.2, -0.15) is 0 Å². The summed E-state index contributed by atoms with van der Waals surface area (Å²) in [6, 6.07) is 2.61. The van der Waals surface area contributed by atoms with Crippen molar-refractivity contribution in [2.24, 2.45) is 0 Å². The molecule has 1 rings (SSSR count). The molecule has 1 N–H and O–H groups in total. The summed E-state index contributed by atoms with van der Waals surface area (Å²) < 4.78 is 28.0. The van der Waals surface area contributed by atoms with E-state index in [1.165, 1.54) is 19.1 Å². The molecule has 0 aromatic heterocycles. The van der Waals surface area contributed by atoms with Gasteiger partial charge in [-0.05, 0) is 31.5 Å². The van der Waals surface area contributed by atoms with E-state index < -0.39 is 15.0 Å². The van der Waals surface area contributed by atoms with E-state index >= 15 is 0 Å². The van der Waals surface area contributed by atoms with Gasteiger partial charge in [0.05, 0.1) is 11.5 Å². The Hall–Kier alpha value is -0.820. The third-order valence-electron chi connectivity index (χ3n) is 2.56. The Morgan fingerprint density at radius 3 is 2.60 bits per heavy atom. The molecule has 0 aliphatic heterocycles. The molecule has 112 valence electrons. The zero-order valence-electron chi connectivity index (χ0n) is 11.1. The van der Waals surface area contributed by atoms with Crippen LogP contribution in [0.5, 0.6) is 0 Å². The molecule has 0 saturated carbocycles. The number of carbonyl (C=O) groups excluding carboxylic acids is 1. The zero-order valence-corrected chi connectivity index (χ0v) is 13.4. The second-order valence-corrected chi connectivity index (χ2v) is 6.91. The molecule has 1 aromatic rings. The number of benzene rings is 1. The summed E-state index contributed by atoms with van der Waals surface area (Å²) in [6.07, 6.45) is 0. The molecule has 0 saturated heterocycles. The van der Waals surface area contributed by atoms with Gasteiger partial charge in [0, 0.05) is 34.4 Å². The maximum absolute atomic E-state index is 11.9. The van der Waals surface area contributed by atoms with Gasteiger partial charge in [0.2, 0.25) is 0 Å². The van der Waals surface area contributed by atoms with E-state index in [0.717, 1.165) is 0 Å². The Kier molecular flexibility index (Phi) is 6.26. The lowest BCUT2D eigenvalue weighted by Crippen LogP contribution is -2.27. The van der Waals surface area contributed by atoms with Gasteiger partial charge in [0.15, 0.2) is 0 Å². The van der Waals surface area contributed by atoms with Gasteiger partial charge in [-0.3, -0.25) is 4.79 Å². The van der Waals surface area contributed by atoms with Gasteiger partial charge in [-0.15, -0.1) is 0 Å². The molecule has 0 aliphatic rings. The fraction of sp³-hybridized carbons (Fsp3) is 0.417. The van der Waals surface area contributed by atoms with Crippen LogP contribution in [-0.4, -0.2) is 34.1 Å². The van der Waals surface area contributed by atoms with Gasteiger partial charge in [0.25, 0.3) is 15.0 Å². The first-order valence-electron chi connectivity index (χ1n) is 5.88. The molecule has 5 nitrogen and oxygen atoms in total. The molecule has 0 aliphatic carbocycles. The van der Waals surface area contributed by atoms with Crippen molar-refractivity contribution in [2.45, 2.75) is 18.7 Å². The fourth-order valence-corrected chi connectivity index (χ4v) is 3.02. The molecule has 0 unspecified atom stereocenters. The topological polar surface area (TPSA) is 72.5 Å². The zero-order chi connectivity index (χ0) is 15.3. The Labute approximate surface area is 127 Å². The summed E-state index contributed by atoms with van der Waals surface area (Å²) in [5, 5.41) is 2.77. The maximum atomic E-state index is 11.9. The quantitative estimate of drug-likeness (QED) is 0.637. The summed E-state index contributed by atoms with van der Waals surface area (Å²) in [7, 11) is 1.36. The van der Waals surface area contributed by atoms with Crippen molar-refractivity contribution in [3.8, 4) is 0 Å². The van der Waals surface area contributed by atoms with E-state index in [1.54, 1.807) is 0 Å². The lowest BCUT2D eigenvalue weighted by Gasteiger charge is -2.09. The van der Waals surface area contributed by atoms with E-state index in [4.69, 9.17) is 27.0 Å². The molecule has 0 fully saturated rings. The largest absolute Gasteiger partial charge is 0.380 e. The highest BCUT2D eigenvalue weighted by molar-refractivity contribution is 8.13. The molecule has 0 spiro atoms. The summed E-state index contributed by atoms with van der Waals surface area (Å²) in [5.41, 5.74) is 0.448. The number of halogens is 2. The van der Waals surface area contributed by atoms with Crippen LogP contribution in [-0.2, 0) is 13.8 Å². The summed E-state index contributed by atoms with van der Waals surface area (Å²) in [5.74, 6) is -0.437. The summed E-state index contributed by atoms with van der Waals surface area (Å²) >= 11 is 5.93. The van der Waals surface area contributed by atoms with Crippen molar-refractivity contribution in [1.29, 1.82) is 0 Å². The highest BCUT2D eigenvalue weighted by atomic mass is 35.7. The first kappa shape index (κ1) is 17.2. The van der Waals surface area contributed by atoms with Crippen molar-refractivity contribution < 1.29 is 17.9 Å². The predicted octanol–water partition coefficient (Wildman–Crippen LogP) is 2.34. The number of hydrogen-bond donors (Lipinski definition) is 1. The minimum absolute atomic E-state index is 0.135. The van der Waals surface area contributed by atoms with Crippen LogP contribution in [0, 0.1) is 6.92 Å². The average Bonchev–Trinajstić information content (AvgIpc) is 2.36. The van der Waals surface area contributed by atoms with E-state index in [0.29, 0.717) is 25.3 Å². The molecule has 8 heteroatoms. The van der Waals surface area contributed by atoms with Crippen LogP contribution in [0.25, 0.3) is 0 Å². The Morgan fingerprint density at radius 1 is 1.40 bits per heavy atom. The fourth-order valence-electron chi connectivity index (χ4n) is 1.52. The lowest BCUT2D eigenvalue weighted by molar-refractivity contribution is 0.0922. The average molecular weight is 340 g/mol. The minimum Gasteiger partial charge on any atom is -0.380 e. The van der Waals surface area contributed by atoms with Crippen LogP contribution in [0.2, 0.25) is 5.02 Å². The molecule has 20 heavy (non-hydrogen) atoms. The first-order chi connectivity index (χ1) is 9.27. The maximum Gasteiger partial charge on any atom is 0.261 e. The molecule has 0 heterocycles. The SMILES string of the molecule is CCOCCNC(=O)c1cc(Cl)c(C)c(S(=O)(=O)Cl)c1. The second kappa shape index (κ2) is 7.26. The standard InChI is InChI=1S/C12H15Cl2NO4S/c1-3-19-5-4-15-12(16)9-6-10(13)8(2)11(7-9)20(14,17)18/h6-7H,3-5H2,1-2H3,(H,15,16). The molecule has 0 atom stereocenters. The Bertz CT molecular complexity index is 602. The minimum atomic E-state index is -3.96. The van der Waals surface area contributed by atoms with Crippen molar-refractivity contribution >= 4 is 37.2 Å². The number of amides is 1. The predicted molar refractivity (Wildman–Crippen MR) is 78.1 cm³/mol. The lowest BCUT2D eigenvalue weighted by atomic mass is 10.1. The second-order valence-electron chi connectivity index (χ2n) is 3.97. The van der Waals surface area contributed by atoms with Gasteiger partial charge in [-0.1, -0.05) is 11.6 Å². The van der Waals surface area contributed by atoms with Gasteiger partial charge in [-0.25, -0.2) is 8.42 Å². The van der Waals surface area contributed by atoms with E-state index in [-0.39, 0.29) is 15.5 Å². The third-order valence-corrected chi connectivity index (χ3v) is 4.40. The van der Waals surface area contributed by atoms with Crippen LogP contribution >= 0.6 is 22.3 Å². The number of carbonyl (C=O) groups is 1. The van der Waals surface area contributed by atoms with Crippen molar-refractivity contribution in [2.75, 3.05) is 19.8 Å². The van der Waals surface area contributed by atoms with Crippen LogP contribution < -0.4 is 5.32 Å². The number of hydrogen-bond acceptors (Lipinski definition) is 4.